The Hall–Kier alpha value is -2.62. The third-order valence-electron chi connectivity index (χ3n) is 5.87. The highest BCUT2D eigenvalue weighted by Gasteiger charge is 2.41. The van der Waals surface area contributed by atoms with E-state index in [4.69, 9.17) is 14.5 Å². The molecular weight excluding hydrogens is 452 g/mol. The van der Waals surface area contributed by atoms with Crippen molar-refractivity contribution in [2.24, 2.45) is 4.99 Å². The quantitative estimate of drug-likeness (QED) is 0.568. The molecule has 0 radical (unpaired) electrons. The van der Waals surface area contributed by atoms with E-state index in [1.54, 1.807) is 0 Å². The topological polar surface area (TPSA) is 83.5 Å². The zero-order chi connectivity index (χ0) is 24.1. The number of carbonyl (C=O) groups excluding carboxylic acids is 2. The molecule has 1 fully saturated rings. The van der Waals surface area contributed by atoms with Crippen LogP contribution >= 0.6 is 11.8 Å². The van der Waals surface area contributed by atoms with E-state index in [0.717, 1.165) is 49.3 Å². The van der Waals surface area contributed by atoms with Gasteiger partial charge in [-0.2, -0.15) is 0 Å². The molecule has 0 saturated carbocycles. The number of ether oxygens (including phenoxy) is 2. The normalized spacial score (nSPS) is 20.7. The van der Waals surface area contributed by atoms with Crippen molar-refractivity contribution in [3.8, 4) is 0 Å². The smallest absolute Gasteiger partial charge is 0.338 e. The molecule has 1 amide bonds. The monoisotopic (exact) mass is 484 g/mol. The van der Waals surface area contributed by atoms with Crippen molar-refractivity contribution in [3.63, 3.8) is 0 Å². The third-order valence-corrected chi connectivity index (χ3v) is 6.76. The molecule has 8 nitrogen and oxygen atoms in total. The summed E-state index contributed by atoms with van der Waals surface area (Å²) in [7, 11) is 0. The Morgan fingerprint density at radius 2 is 1.97 bits per heavy atom. The van der Waals surface area contributed by atoms with E-state index in [9.17, 15) is 9.59 Å². The minimum absolute atomic E-state index is 0.0502. The number of benzene rings is 1. The maximum absolute atomic E-state index is 13.1. The fourth-order valence-corrected chi connectivity index (χ4v) is 5.23. The molecule has 182 valence electrons. The van der Waals surface area contributed by atoms with Gasteiger partial charge >= 0.3 is 5.97 Å². The summed E-state index contributed by atoms with van der Waals surface area (Å²) in [4.78, 5) is 34.9. The van der Waals surface area contributed by atoms with Crippen molar-refractivity contribution in [1.82, 2.24) is 15.1 Å². The van der Waals surface area contributed by atoms with Crippen LogP contribution in [0.25, 0.3) is 0 Å². The fraction of sp³-hybridized carbons (Fsp3) is 0.480. The molecule has 9 heteroatoms. The molecule has 1 aromatic carbocycles. The molecule has 3 aliphatic heterocycles. The number of thioether (sulfide) groups is 1. The van der Waals surface area contributed by atoms with Crippen molar-refractivity contribution in [2.75, 3.05) is 39.4 Å². The van der Waals surface area contributed by atoms with Crippen LogP contribution in [0.3, 0.4) is 0 Å². The van der Waals surface area contributed by atoms with E-state index < -0.39 is 6.04 Å². The second-order valence-electron chi connectivity index (χ2n) is 8.74. The number of nitrogens with one attached hydrogen (secondary N) is 1. The standard InChI is InChI=1S/C25H32N4O4S/c1-17(2)33-24(31)22-18(3)27-25-29(23(22)19-7-5-4-6-8-19)20(16-34-25)15-21(30)26-9-10-28-11-13-32-14-12-28/h4-8,16-17,23H,9-15H2,1-3H3,(H,26,30). The van der Waals surface area contributed by atoms with Gasteiger partial charge in [-0.1, -0.05) is 42.1 Å². The summed E-state index contributed by atoms with van der Waals surface area (Å²) in [6, 6.07) is 9.43. The van der Waals surface area contributed by atoms with Crippen LogP contribution < -0.4 is 5.32 Å². The molecule has 3 heterocycles. The van der Waals surface area contributed by atoms with Gasteiger partial charge in [-0.25, -0.2) is 9.79 Å². The lowest BCUT2D eigenvalue weighted by molar-refractivity contribution is -0.143. The zero-order valence-corrected chi connectivity index (χ0v) is 20.8. The van der Waals surface area contributed by atoms with Crippen molar-refractivity contribution in [2.45, 2.75) is 39.3 Å². The van der Waals surface area contributed by atoms with E-state index >= 15 is 0 Å². The highest BCUT2D eigenvalue weighted by atomic mass is 32.2. The molecule has 0 spiro atoms. The van der Waals surface area contributed by atoms with Gasteiger partial charge in [-0.05, 0) is 31.7 Å². The van der Waals surface area contributed by atoms with Crippen molar-refractivity contribution >= 4 is 28.8 Å². The summed E-state index contributed by atoms with van der Waals surface area (Å²) in [5.41, 5.74) is 2.92. The molecule has 1 aromatic rings. The number of esters is 1. The Kier molecular flexibility index (Phi) is 8.07. The maximum atomic E-state index is 13.1. The van der Waals surface area contributed by atoms with Gasteiger partial charge in [0.15, 0.2) is 5.17 Å². The highest BCUT2D eigenvalue weighted by Crippen LogP contribution is 2.44. The predicted molar refractivity (Wildman–Crippen MR) is 133 cm³/mol. The average Bonchev–Trinajstić information content (AvgIpc) is 3.20. The molecule has 3 aliphatic rings. The first kappa shape index (κ1) is 24.5. The third kappa shape index (κ3) is 5.71. The summed E-state index contributed by atoms with van der Waals surface area (Å²) in [5, 5.41) is 5.76. The molecule has 1 saturated heterocycles. The second-order valence-corrected chi connectivity index (χ2v) is 9.58. The van der Waals surface area contributed by atoms with Crippen LogP contribution in [0, 0.1) is 0 Å². The Labute approximate surface area is 205 Å². The van der Waals surface area contributed by atoms with Gasteiger partial charge in [0.05, 0.1) is 43.1 Å². The summed E-state index contributed by atoms with van der Waals surface area (Å²) >= 11 is 1.48. The van der Waals surface area contributed by atoms with Gasteiger partial charge in [0.25, 0.3) is 0 Å². The number of fused-ring (bicyclic) bond motifs is 1. The molecule has 1 atom stereocenters. The second kappa shape index (κ2) is 11.2. The van der Waals surface area contributed by atoms with Crippen molar-refractivity contribution in [3.05, 3.63) is 58.3 Å². The maximum Gasteiger partial charge on any atom is 0.338 e. The number of amides is 1. The number of hydrogen-bond donors (Lipinski definition) is 1. The lowest BCUT2D eigenvalue weighted by atomic mass is 9.94. The molecule has 1 unspecified atom stereocenters. The van der Waals surface area contributed by atoms with Crippen LogP contribution in [0.4, 0.5) is 0 Å². The van der Waals surface area contributed by atoms with E-state index in [0.29, 0.717) is 17.8 Å². The summed E-state index contributed by atoms with van der Waals surface area (Å²) in [6.45, 7) is 10.2. The Bertz CT molecular complexity index is 999. The van der Waals surface area contributed by atoms with Crippen molar-refractivity contribution < 1.29 is 19.1 Å². The summed E-state index contributed by atoms with van der Waals surface area (Å²) in [6.07, 6.45) is -0.0286. The summed E-state index contributed by atoms with van der Waals surface area (Å²) < 4.78 is 11.0. The van der Waals surface area contributed by atoms with Gasteiger partial charge in [-0.15, -0.1) is 0 Å². The van der Waals surface area contributed by atoms with Crippen molar-refractivity contribution in [1.29, 1.82) is 0 Å². The molecule has 0 aromatic heterocycles. The van der Waals surface area contributed by atoms with Gasteiger partial charge < -0.3 is 19.7 Å². The SMILES string of the molecule is CC1=C(C(=O)OC(C)C)C(c2ccccc2)N2C(CC(=O)NCCN3CCOCC3)=CSC2=N1. The Balaban J connectivity index is 1.50. The van der Waals surface area contributed by atoms with E-state index in [2.05, 4.69) is 10.2 Å². The lowest BCUT2D eigenvalue weighted by Crippen LogP contribution is -2.42. The van der Waals surface area contributed by atoms with Gasteiger partial charge in [-0.3, -0.25) is 9.69 Å². The average molecular weight is 485 g/mol. The number of carbonyl (C=O) groups is 2. The van der Waals surface area contributed by atoms with Crippen LogP contribution in [0.2, 0.25) is 0 Å². The fourth-order valence-electron chi connectivity index (χ4n) is 4.26. The number of rotatable bonds is 8. The Morgan fingerprint density at radius 3 is 2.68 bits per heavy atom. The van der Waals surface area contributed by atoms with Crippen LogP contribution in [-0.2, 0) is 19.1 Å². The number of nitrogens with zero attached hydrogens (tertiary/aromatic N) is 3. The minimum atomic E-state index is -0.401. The van der Waals surface area contributed by atoms with Crippen LogP contribution in [0.5, 0.6) is 0 Å². The number of amidine groups is 1. The number of hydrogen-bond acceptors (Lipinski definition) is 8. The molecule has 0 bridgehead atoms. The molecule has 4 rings (SSSR count). The molecule has 34 heavy (non-hydrogen) atoms. The predicted octanol–water partition coefficient (Wildman–Crippen LogP) is 3.05. The number of aliphatic imine (C=N–C) groups is 1. The first-order valence-electron chi connectivity index (χ1n) is 11.7. The van der Waals surface area contributed by atoms with Crippen LogP contribution in [-0.4, -0.2) is 72.3 Å². The van der Waals surface area contributed by atoms with E-state index in [-0.39, 0.29) is 24.4 Å². The van der Waals surface area contributed by atoms with Gasteiger partial charge in [0.1, 0.15) is 0 Å². The number of allylic oxidation sites excluding steroid dienone is 1. The van der Waals surface area contributed by atoms with Crippen LogP contribution in [0.15, 0.2) is 57.7 Å². The first-order valence-corrected chi connectivity index (χ1v) is 12.6. The molecule has 1 N–H and O–H groups in total. The van der Waals surface area contributed by atoms with E-state index in [1.165, 1.54) is 11.8 Å². The zero-order valence-electron chi connectivity index (χ0n) is 20.0. The van der Waals surface area contributed by atoms with Gasteiger partial charge in [0.2, 0.25) is 5.91 Å². The molecule has 0 aliphatic carbocycles. The lowest BCUT2D eigenvalue weighted by Gasteiger charge is -2.36. The molecular formula is C25H32N4O4S. The number of morpholine rings is 1. The van der Waals surface area contributed by atoms with Crippen LogP contribution in [0.1, 0.15) is 38.8 Å². The first-order chi connectivity index (χ1) is 16.4. The minimum Gasteiger partial charge on any atom is -0.459 e. The summed E-state index contributed by atoms with van der Waals surface area (Å²) in [5.74, 6) is -0.430. The highest BCUT2D eigenvalue weighted by molar-refractivity contribution is 8.16. The van der Waals surface area contributed by atoms with Gasteiger partial charge in [0, 0.05) is 31.9 Å². The van der Waals surface area contributed by atoms with E-state index in [1.807, 2.05) is 61.4 Å². The Morgan fingerprint density at radius 1 is 1.24 bits per heavy atom. The largest absolute Gasteiger partial charge is 0.459 e.